The summed E-state index contributed by atoms with van der Waals surface area (Å²) in [4.78, 5) is 4.59. The fraction of sp³-hybridized carbons (Fsp3) is 0.0870. The molecule has 0 spiro atoms. The molecule has 1 atom stereocenters. The van der Waals surface area contributed by atoms with Gasteiger partial charge in [-0.05, 0) is 30.3 Å². The molecule has 2 aromatic carbocycles. The minimum Gasteiger partial charge on any atom is -0.455 e. The molecule has 0 bridgehead atoms. The summed E-state index contributed by atoms with van der Waals surface area (Å²) in [5, 5.41) is 12.6. The molecule has 6 nitrogen and oxygen atoms in total. The molecule has 1 aliphatic heterocycles. The third kappa shape index (κ3) is 4.08. The number of hydrogen-bond donors (Lipinski definition) is 1. The smallest absolute Gasteiger partial charge is 0.247 e. The largest absolute Gasteiger partial charge is 0.455 e. The van der Waals surface area contributed by atoms with E-state index in [9.17, 15) is 0 Å². The molecule has 0 unspecified atom stereocenters. The van der Waals surface area contributed by atoms with E-state index in [1.807, 2.05) is 60.7 Å². The molecule has 31 heavy (non-hydrogen) atoms. The predicted molar refractivity (Wildman–Crippen MR) is 125 cm³/mol. The summed E-state index contributed by atoms with van der Waals surface area (Å²) in [5.41, 5.74) is 3.31. The van der Waals surface area contributed by atoms with Gasteiger partial charge in [-0.3, -0.25) is 0 Å². The van der Waals surface area contributed by atoms with Crippen molar-refractivity contribution in [3.8, 4) is 28.5 Å². The molecule has 4 aromatic rings. The van der Waals surface area contributed by atoms with Crippen molar-refractivity contribution in [1.29, 1.82) is 0 Å². The number of anilines is 1. The maximum absolute atomic E-state index is 6.25. The first-order chi connectivity index (χ1) is 15.2. The van der Waals surface area contributed by atoms with Crippen molar-refractivity contribution in [3.05, 3.63) is 83.6 Å². The van der Waals surface area contributed by atoms with Gasteiger partial charge in [0.25, 0.3) is 0 Å². The van der Waals surface area contributed by atoms with Gasteiger partial charge < -0.3 is 14.5 Å². The van der Waals surface area contributed by atoms with Crippen LogP contribution >= 0.6 is 27.7 Å². The second-order valence-corrected chi connectivity index (χ2v) is 8.65. The van der Waals surface area contributed by atoms with Crippen molar-refractivity contribution in [2.24, 2.45) is 0 Å². The van der Waals surface area contributed by atoms with E-state index in [1.165, 1.54) is 11.8 Å². The first kappa shape index (κ1) is 19.8. The Balaban J connectivity index is 1.54. The topological polar surface area (TPSA) is 73.1 Å². The molecule has 2 aromatic heterocycles. The van der Waals surface area contributed by atoms with Crippen molar-refractivity contribution in [2.45, 2.75) is 11.4 Å². The van der Waals surface area contributed by atoms with Crippen LogP contribution < -0.4 is 10.1 Å². The van der Waals surface area contributed by atoms with Crippen molar-refractivity contribution in [1.82, 2.24) is 15.2 Å². The van der Waals surface area contributed by atoms with Crippen LogP contribution in [0, 0.1) is 0 Å². The van der Waals surface area contributed by atoms with E-state index < -0.39 is 6.23 Å². The van der Waals surface area contributed by atoms with Crippen LogP contribution in [0.2, 0.25) is 0 Å². The molecule has 0 fully saturated rings. The van der Waals surface area contributed by atoms with E-state index in [4.69, 9.17) is 9.15 Å². The lowest BCUT2D eigenvalue weighted by atomic mass is 10.1. The summed E-state index contributed by atoms with van der Waals surface area (Å²) in [6.45, 7) is 3.74. The lowest BCUT2D eigenvalue weighted by Crippen LogP contribution is -2.16. The molecular formula is C23H17BrN4O2S. The van der Waals surface area contributed by atoms with E-state index >= 15 is 0 Å². The van der Waals surface area contributed by atoms with Crippen LogP contribution in [0.3, 0.4) is 0 Å². The summed E-state index contributed by atoms with van der Waals surface area (Å²) in [5.74, 6) is 2.48. The van der Waals surface area contributed by atoms with E-state index in [0.29, 0.717) is 28.2 Å². The molecule has 0 aliphatic carbocycles. The number of halogens is 1. The Morgan fingerprint density at radius 2 is 2.00 bits per heavy atom. The number of fused-ring (bicyclic) bond motifs is 3. The van der Waals surface area contributed by atoms with Crippen LogP contribution in [-0.4, -0.2) is 20.9 Å². The van der Waals surface area contributed by atoms with E-state index in [1.54, 1.807) is 6.08 Å². The standard InChI is InChI=1S/C23H17BrN4O2S/c1-2-12-31-23-26-22-20(27-28-23)16-8-3-4-9-17(16)25-21(30-22)19-11-10-18(29-19)14-6-5-7-15(24)13-14/h2-11,13,21,25H,1,12H2/t21-/m1/s1. The highest BCUT2D eigenvalue weighted by atomic mass is 79.9. The maximum Gasteiger partial charge on any atom is 0.247 e. The zero-order chi connectivity index (χ0) is 21.2. The SMILES string of the molecule is C=CCSc1nnc2c(n1)O[C@H](c1ccc(-c3cccc(Br)c3)o1)Nc1ccccc1-2. The highest BCUT2D eigenvalue weighted by Crippen LogP contribution is 2.40. The normalized spacial score (nSPS) is 14.5. The lowest BCUT2D eigenvalue weighted by Gasteiger charge is -2.16. The molecule has 154 valence electrons. The highest BCUT2D eigenvalue weighted by molar-refractivity contribution is 9.10. The van der Waals surface area contributed by atoms with E-state index in [0.717, 1.165) is 27.0 Å². The van der Waals surface area contributed by atoms with Crippen LogP contribution in [0.1, 0.15) is 12.0 Å². The van der Waals surface area contributed by atoms with Crippen molar-refractivity contribution in [2.75, 3.05) is 11.1 Å². The van der Waals surface area contributed by atoms with Gasteiger partial charge in [0.2, 0.25) is 17.3 Å². The van der Waals surface area contributed by atoms with Gasteiger partial charge in [-0.2, -0.15) is 4.98 Å². The van der Waals surface area contributed by atoms with Crippen LogP contribution in [0.4, 0.5) is 5.69 Å². The Hall–Kier alpha value is -3.10. The average Bonchev–Trinajstić information content (AvgIpc) is 3.22. The monoisotopic (exact) mass is 492 g/mol. The average molecular weight is 493 g/mol. The molecule has 5 rings (SSSR count). The molecule has 0 saturated carbocycles. The fourth-order valence-electron chi connectivity index (χ4n) is 3.26. The van der Waals surface area contributed by atoms with Gasteiger partial charge in [-0.15, -0.1) is 16.8 Å². The number of nitrogens with zero attached hydrogens (tertiary/aromatic N) is 3. The second kappa shape index (κ2) is 8.56. The number of nitrogens with one attached hydrogen (secondary N) is 1. The molecule has 0 amide bonds. The number of para-hydroxylation sites is 1. The number of furan rings is 1. The second-order valence-electron chi connectivity index (χ2n) is 6.75. The number of benzene rings is 2. The molecule has 0 radical (unpaired) electrons. The van der Waals surface area contributed by atoms with Gasteiger partial charge in [0.05, 0.1) is 0 Å². The number of rotatable bonds is 5. The van der Waals surface area contributed by atoms with Gasteiger partial charge >= 0.3 is 0 Å². The van der Waals surface area contributed by atoms with Gasteiger partial charge in [0, 0.05) is 27.0 Å². The highest BCUT2D eigenvalue weighted by Gasteiger charge is 2.28. The molecule has 1 N–H and O–H groups in total. The van der Waals surface area contributed by atoms with Crippen molar-refractivity contribution in [3.63, 3.8) is 0 Å². The third-order valence-corrected chi connectivity index (χ3v) is 5.98. The van der Waals surface area contributed by atoms with Crippen molar-refractivity contribution >= 4 is 33.4 Å². The lowest BCUT2D eigenvalue weighted by molar-refractivity contribution is 0.196. The van der Waals surface area contributed by atoms with Gasteiger partial charge in [-0.25, -0.2) is 0 Å². The summed E-state index contributed by atoms with van der Waals surface area (Å²) in [6.07, 6.45) is 1.23. The predicted octanol–water partition coefficient (Wildman–Crippen LogP) is 6.34. The zero-order valence-corrected chi connectivity index (χ0v) is 18.7. The van der Waals surface area contributed by atoms with E-state index in [2.05, 4.69) is 43.0 Å². The minimum atomic E-state index is -0.572. The number of hydrogen-bond acceptors (Lipinski definition) is 7. The molecule has 1 aliphatic rings. The Morgan fingerprint density at radius 3 is 2.87 bits per heavy atom. The fourth-order valence-corrected chi connectivity index (χ4v) is 4.17. The Labute approximate surface area is 191 Å². The van der Waals surface area contributed by atoms with Crippen LogP contribution in [-0.2, 0) is 0 Å². The Morgan fingerprint density at radius 1 is 1.10 bits per heavy atom. The zero-order valence-electron chi connectivity index (χ0n) is 16.3. The third-order valence-electron chi connectivity index (χ3n) is 4.66. The van der Waals surface area contributed by atoms with Crippen molar-refractivity contribution < 1.29 is 9.15 Å². The molecule has 0 saturated heterocycles. The summed E-state index contributed by atoms with van der Waals surface area (Å²) in [6, 6.07) is 19.6. The Bertz CT molecular complexity index is 1260. The number of ether oxygens (including phenoxy) is 1. The minimum absolute atomic E-state index is 0.407. The quantitative estimate of drug-likeness (QED) is 0.257. The summed E-state index contributed by atoms with van der Waals surface area (Å²) in [7, 11) is 0. The van der Waals surface area contributed by atoms with Gasteiger partial charge in [-0.1, -0.05) is 64.1 Å². The van der Waals surface area contributed by atoms with Crippen LogP contribution in [0.5, 0.6) is 5.88 Å². The van der Waals surface area contributed by atoms with Gasteiger partial charge in [0.1, 0.15) is 5.76 Å². The van der Waals surface area contributed by atoms with Crippen LogP contribution in [0.15, 0.2) is 87.4 Å². The Kier molecular flexibility index (Phi) is 5.48. The molecule has 8 heteroatoms. The first-order valence-electron chi connectivity index (χ1n) is 9.58. The van der Waals surface area contributed by atoms with E-state index in [-0.39, 0.29) is 0 Å². The van der Waals surface area contributed by atoms with Gasteiger partial charge in [0.15, 0.2) is 11.5 Å². The summed E-state index contributed by atoms with van der Waals surface area (Å²) < 4.78 is 13.4. The molecular weight excluding hydrogens is 476 g/mol. The summed E-state index contributed by atoms with van der Waals surface area (Å²) >= 11 is 4.96. The van der Waals surface area contributed by atoms with Crippen LogP contribution in [0.25, 0.3) is 22.6 Å². The molecule has 3 heterocycles. The maximum atomic E-state index is 6.25. The first-order valence-corrected chi connectivity index (χ1v) is 11.4. The number of thioether (sulfide) groups is 1. The number of aromatic nitrogens is 3.